The fourth-order valence-corrected chi connectivity index (χ4v) is 2.38. The lowest BCUT2D eigenvalue weighted by Crippen LogP contribution is -2.29. The van der Waals surface area contributed by atoms with Crippen LogP contribution in [0.25, 0.3) is 0 Å². The zero-order valence-corrected chi connectivity index (χ0v) is 12.2. The molecule has 1 aromatic heterocycles. The highest BCUT2D eigenvalue weighted by atomic mass is 32.1. The second kappa shape index (κ2) is 7.44. The Morgan fingerprint density at radius 2 is 1.81 bits per heavy atom. The first-order valence-electron chi connectivity index (χ1n) is 6.56. The molecule has 0 saturated heterocycles. The van der Waals surface area contributed by atoms with Crippen molar-refractivity contribution in [1.82, 2.24) is 10.6 Å². The van der Waals surface area contributed by atoms with Crippen LogP contribution >= 0.6 is 11.3 Å². The molecule has 2 aromatic rings. The Labute approximate surface area is 126 Å². The van der Waals surface area contributed by atoms with Crippen molar-refractivity contribution in [2.75, 3.05) is 13.1 Å². The van der Waals surface area contributed by atoms with Crippen LogP contribution in [0.2, 0.25) is 0 Å². The average molecular weight is 304 g/mol. The first-order valence-corrected chi connectivity index (χ1v) is 7.44. The maximum Gasteiger partial charge on any atom is 0.261 e. The minimum Gasteiger partial charge on any atom is -0.508 e. The van der Waals surface area contributed by atoms with Crippen LogP contribution in [0.3, 0.4) is 0 Å². The van der Waals surface area contributed by atoms with Gasteiger partial charge in [-0.05, 0) is 36.1 Å². The summed E-state index contributed by atoms with van der Waals surface area (Å²) in [6.07, 6.45) is 0.641. The van der Waals surface area contributed by atoms with Gasteiger partial charge < -0.3 is 15.7 Å². The number of benzene rings is 1. The molecule has 0 bridgehead atoms. The van der Waals surface area contributed by atoms with E-state index in [1.165, 1.54) is 23.5 Å². The van der Waals surface area contributed by atoms with Gasteiger partial charge in [0.1, 0.15) is 5.75 Å². The highest BCUT2D eigenvalue weighted by molar-refractivity contribution is 7.12. The number of amides is 2. The number of rotatable bonds is 6. The number of hydrogen-bond acceptors (Lipinski definition) is 4. The van der Waals surface area contributed by atoms with Gasteiger partial charge in [0.2, 0.25) is 0 Å². The lowest BCUT2D eigenvalue weighted by atomic mass is 10.2. The standard InChI is InChI=1S/C15H16N2O3S/c18-12-5-1-4-11(10-12)14(19)16-7-3-8-17-15(20)13-6-2-9-21-13/h1-2,4-6,9-10,18H,3,7-8H2,(H,16,19)(H,17,20). The quantitative estimate of drug-likeness (QED) is 0.714. The Hall–Kier alpha value is -2.34. The molecule has 21 heavy (non-hydrogen) atoms. The van der Waals surface area contributed by atoms with Crippen molar-refractivity contribution in [1.29, 1.82) is 0 Å². The second-order valence-electron chi connectivity index (χ2n) is 4.39. The number of nitrogens with one attached hydrogen (secondary N) is 2. The molecule has 0 spiro atoms. The molecule has 3 N–H and O–H groups in total. The van der Waals surface area contributed by atoms with Crippen molar-refractivity contribution in [3.8, 4) is 5.75 Å². The van der Waals surface area contributed by atoms with E-state index >= 15 is 0 Å². The van der Waals surface area contributed by atoms with Crippen LogP contribution in [0, 0.1) is 0 Å². The third-order valence-corrected chi connectivity index (χ3v) is 3.65. The maximum absolute atomic E-state index is 11.8. The molecular weight excluding hydrogens is 288 g/mol. The third-order valence-electron chi connectivity index (χ3n) is 2.78. The molecule has 0 aliphatic carbocycles. The number of aromatic hydroxyl groups is 1. The largest absolute Gasteiger partial charge is 0.508 e. The lowest BCUT2D eigenvalue weighted by Gasteiger charge is -2.06. The summed E-state index contributed by atoms with van der Waals surface area (Å²) in [7, 11) is 0. The second-order valence-corrected chi connectivity index (χ2v) is 5.34. The number of thiophene rings is 1. The molecule has 110 valence electrons. The SMILES string of the molecule is O=C(NCCCNC(=O)c1cccs1)c1cccc(O)c1. The van der Waals surface area contributed by atoms with Gasteiger partial charge in [0, 0.05) is 18.7 Å². The van der Waals surface area contributed by atoms with Crippen molar-refractivity contribution < 1.29 is 14.7 Å². The lowest BCUT2D eigenvalue weighted by molar-refractivity contribution is 0.0952. The minimum absolute atomic E-state index is 0.0610. The summed E-state index contributed by atoms with van der Waals surface area (Å²) >= 11 is 1.39. The van der Waals surface area contributed by atoms with Crippen molar-refractivity contribution in [2.24, 2.45) is 0 Å². The summed E-state index contributed by atoms with van der Waals surface area (Å²) < 4.78 is 0. The molecular formula is C15H16N2O3S. The Bertz CT molecular complexity index is 611. The van der Waals surface area contributed by atoms with Crippen LogP contribution in [0.15, 0.2) is 41.8 Å². The van der Waals surface area contributed by atoms with Gasteiger partial charge in [-0.1, -0.05) is 12.1 Å². The highest BCUT2D eigenvalue weighted by Gasteiger charge is 2.06. The summed E-state index contributed by atoms with van der Waals surface area (Å²) in [6, 6.07) is 9.77. The predicted octanol–water partition coefficient (Wildman–Crippen LogP) is 2.00. The van der Waals surface area contributed by atoms with Gasteiger partial charge in [-0.2, -0.15) is 0 Å². The van der Waals surface area contributed by atoms with Gasteiger partial charge >= 0.3 is 0 Å². The Morgan fingerprint density at radius 3 is 2.48 bits per heavy atom. The van der Waals surface area contributed by atoms with E-state index in [9.17, 15) is 14.7 Å². The van der Waals surface area contributed by atoms with E-state index in [0.717, 1.165) is 0 Å². The fourth-order valence-electron chi connectivity index (χ4n) is 1.74. The highest BCUT2D eigenvalue weighted by Crippen LogP contribution is 2.10. The van der Waals surface area contributed by atoms with E-state index in [1.807, 2.05) is 11.4 Å². The Morgan fingerprint density at radius 1 is 1.05 bits per heavy atom. The zero-order valence-electron chi connectivity index (χ0n) is 11.3. The molecule has 0 unspecified atom stereocenters. The van der Waals surface area contributed by atoms with Gasteiger partial charge in [0.05, 0.1) is 4.88 Å². The van der Waals surface area contributed by atoms with Crippen molar-refractivity contribution in [2.45, 2.75) is 6.42 Å². The predicted molar refractivity (Wildman–Crippen MR) is 81.7 cm³/mol. The van der Waals surface area contributed by atoms with Crippen LogP contribution in [-0.4, -0.2) is 30.0 Å². The average Bonchev–Trinajstić information content (AvgIpc) is 3.00. The molecule has 1 heterocycles. The van der Waals surface area contributed by atoms with Gasteiger partial charge in [-0.25, -0.2) is 0 Å². The topological polar surface area (TPSA) is 78.4 Å². The molecule has 5 nitrogen and oxygen atoms in total. The molecule has 2 amide bonds. The van der Waals surface area contributed by atoms with Crippen molar-refractivity contribution in [3.63, 3.8) is 0 Å². The molecule has 0 saturated carbocycles. The smallest absolute Gasteiger partial charge is 0.261 e. The number of phenolic OH excluding ortho intramolecular Hbond substituents is 1. The number of phenols is 1. The first kappa shape index (κ1) is 15.1. The van der Waals surface area contributed by atoms with E-state index in [1.54, 1.807) is 18.2 Å². The third kappa shape index (κ3) is 4.61. The fraction of sp³-hybridized carbons (Fsp3) is 0.200. The minimum atomic E-state index is -0.240. The molecule has 1 aromatic carbocycles. The molecule has 0 fully saturated rings. The van der Waals surface area contributed by atoms with E-state index in [2.05, 4.69) is 10.6 Å². The van der Waals surface area contributed by atoms with E-state index in [0.29, 0.717) is 30.0 Å². The molecule has 2 rings (SSSR count). The van der Waals surface area contributed by atoms with E-state index in [-0.39, 0.29) is 17.6 Å². The molecule has 6 heteroatoms. The summed E-state index contributed by atoms with van der Waals surface area (Å²) in [5, 5.41) is 16.7. The maximum atomic E-state index is 11.8. The van der Waals surface area contributed by atoms with Gasteiger partial charge in [-0.3, -0.25) is 9.59 Å². The number of carbonyl (C=O) groups is 2. The van der Waals surface area contributed by atoms with Gasteiger partial charge in [-0.15, -0.1) is 11.3 Å². The van der Waals surface area contributed by atoms with Crippen LogP contribution in [-0.2, 0) is 0 Å². The Kier molecular flexibility index (Phi) is 5.34. The first-order chi connectivity index (χ1) is 10.2. The number of hydrogen-bond donors (Lipinski definition) is 3. The normalized spacial score (nSPS) is 10.1. The number of carbonyl (C=O) groups excluding carboxylic acids is 2. The summed E-state index contributed by atoms with van der Waals surface area (Å²) in [4.78, 5) is 24.1. The van der Waals surface area contributed by atoms with Crippen molar-refractivity contribution in [3.05, 3.63) is 52.2 Å². The van der Waals surface area contributed by atoms with Gasteiger partial charge in [0.25, 0.3) is 11.8 Å². The summed E-state index contributed by atoms with van der Waals surface area (Å²) in [6.45, 7) is 0.955. The summed E-state index contributed by atoms with van der Waals surface area (Å²) in [5.74, 6) is -0.273. The molecule has 0 aliphatic heterocycles. The zero-order chi connectivity index (χ0) is 15.1. The summed E-state index contributed by atoms with van der Waals surface area (Å²) in [5.41, 5.74) is 0.414. The monoisotopic (exact) mass is 304 g/mol. The van der Waals surface area contributed by atoms with Crippen LogP contribution in [0.5, 0.6) is 5.75 Å². The van der Waals surface area contributed by atoms with Crippen LogP contribution < -0.4 is 10.6 Å². The van der Waals surface area contributed by atoms with E-state index < -0.39 is 0 Å². The van der Waals surface area contributed by atoms with Crippen molar-refractivity contribution >= 4 is 23.2 Å². The molecule has 0 aliphatic rings. The molecule has 0 radical (unpaired) electrons. The van der Waals surface area contributed by atoms with E-state index in [4.69, 9.17) is 0 Å². The molecule has 0 atom stereocenters. The Balaban J connectivity index is 1.66. The van der Waals surface area contributed by atoms with Crippen LogP contribution in [0.1, 0.15) is 26.5 Å². The van der Waals surface area contributed by atoms with Gasteiger partial charge in [0.15, 0.2) is 0 Å². The van der Waals surface area contributed by atoms with Crippen LogP contribution in [0.4, 0.5) is 0 Å².